The quantitative estimate of drug-likeness (QED) is 0.558. The van der Waals surface area contributed by atoms with Gasteiger partial charge in [-0.25, -0.2) is 0 Å². The van der Waals surface area contributed by atoms with Crippen LogP contribution in [0.1, 0.15) is 53.9 Å². The van der Waals surface area contributed by atoms with Gasteiger partial charge in [-0.05, 0) is 42.8 Å². The molecule has 0 radical (unpaired) electrons. The van der Waals surface area contributed by atoms with Crippen LogP contribution in [0.4, 0.5) is 0 Å². The number of ether oxygens (including phenoxy) is 1. The highest BCUT2D eigenvalue weighted by atomic mass is 28.4. The minimum absolute atomic E-state index is 0.171. The molecule has 1 saturated heterocycles. The van der Waals surface area contributed by atoms with E-state index in [1.165, 1.54) is 19.3 Å². The van der Waals surface area contributed by atoms with Crippen LogP contribution in [0.2, 0.25) is 18.1 Å². The van der Waals surface area contributed by atoms with Gasteiger partial charge in [-0.15, -0.1) is 0 Å². The number of hydrogen-bond donors (Lipinski definition) is 0. The van der Waals surface area contributed by atoms with E-state index in [0.717, 1.165) is 13.2 Å². The first-order valence-corrected chi connectivity index (χ1v) is 10.7. The average molecular weight is 285 g/mol. The Morgan fingerprint density at radius 3 is 2.26 bits per heavy atom. The number of epoxide rings is 1. The lowest BCUT2D eigenvalue weighted by atomic mass is 9.64. The van der Waals surface area contributed by atoms with Gasteiger partial charge in [0.25, 0.3) is 0 Å². The van der Waals surface area contributed by atoms with Crippen molar-refractivity contribution in [2.75, 3.05) is 13.2 Å². The Hall–Kier alpha value is 0.137. The summed E-state index contributed by atoms with van der Waals surface area (Å²) in [5, 5.41) is 0.295. The predicted octanol–water partition coefficient (Wildman–Crippen LogP) is 4.60. The molecule has 0 N–H and O–H groups in total. The van der Waals surface area contributed by atoms with Crippen molar-refractivity contribution in [3.63, 3.8) is 0 Å². The van der Waals surface area contributed by atoms with Gasteiger partial charge in [0.15, 0.2) is 8.32 Å². The summed E-state index contributed by atoms with van der Waals surface area (Å²) in [6.45, 7) is 18.3. The number of rotatable bonds is 3. The summed E-state index contributed by atoms with van der Waals surface area (Å²) in [5.74, 6) is 0.572. The van der Waals surface area contributed by atoms with E-state index in [4.69, 9.17) is 9.16 Å². The molecule has 1 saturated carbocycles. The van der Waals surface area contributed by atoms with Gasteiger partial charge in [0.2, 0.25) is 0 Å². The molecule has 2 aliphatic rings. The smallest absolute Gasteiger partial charge is 0.191 e. The van der Waals surface area contributed by atoms with Crippen LogP contribution < -0.4 is 0 Å². The lowest BCUT2D eigenvalue weighted by Crippen LogP contribution is -2.48. The summed E-state index contributed by atoms with van der Waals surface area (Å²) in [5.41, 5.74) is 0.529. The monoisotopic (exact) mass is 284 g/mol. The van der Waals surface area contributed by atoms with Crippen LogP contribution in [0.3, 0.4) is 0 Å². The summed E-state index contributed by atoms with van der Waals surface area (Å²) >= 11 is 0. The van der Waals surface area contributed by atoms with Gasteiger partial charge < -0.3 is 9.16 Å². The third kappa shape index (κ3) is 2.93. The van der Waals surface area contributed by atoms with Crippen molar-refractivity contribution in [1.82, 2.24) is 0 Å². The van der Waals surface area contributed by atoms with Crippen LogP contribution in [-0.4, -0.2) is 27.1 Å². The zero-order chi connectivity index (χ0) is 14.5. The molecule has 1 aliphatic carbocycles. The first kappa shape index (κ1) is 15.5. The Morgan fingerprint density at radius 1 is 1.21 bits per heavy atom. The fraction of sp³-hybridized carbons (Fsp3) is 1.00. The molecule has 19 heavy (non-hydrogen) atoms. The third-order valence-electron chi connectivity index (χ3n) is 5.93. The molecular weight excluding hydrogens is 252 g/mol. The fourth-order valence-corrected chi connectivity index (χ4v) is 4.24. The summed E-state index contributed by atoms with van der Waals surface area (Å²) in [7, 11) is -1.64. The molecule has 2 atom stereocenters. The summed E-state index contributed by atoms with van der Waals surface area (Å²) in [6.07, 6.45) is 3.86. The molecule has 112 valence electrons. The second kappa shape index (κ2) is 4.57. The van der Waals surface area contributed by atoms with Crippen molar-refractivity contribution in [2.24, 2.45) is 11.3 Å². The Labute approximate surface area is 120 Å². The van der Waals surface area contributed by atoms with Gasteiger partial charge in [0, 0.05) is 12.5 Å². The molecule has 1 aliphatic heterocycles. The fourth-order valence-electron chi connectivity index (χ4n) is 3.23. The number of hydrogen-bond acceptors (Lipinski definition) is 2. The summed E-state index contributed by atoms with van der Waals surface area (Å²) in [4.78, 5) is 0. The van der Waals surface area contributed by atoms with Crippen LogP contribution in [-0.2, 0) is 9.16 Å². The van der Waals surface area contributed by atoms with Gasteiger partial charge >= 0.3 is 0 Å². The molecule has 1 spiro atoms. The Bertz CT molecular complexity index is 331. The van der Waals surface area contributed by atoms with E-state index in [2.05, 4.69) is 47.7 Å². The van der Waals surface area contributed by atoms with E-state index in [1.54, 1.807) is 0 Å². The first-order valence-electron chi connectivity index (χ1n) is 7.78. The maximum Gasteiger partial charge on any atom is 0.191 e. The molecule has 0 aromatic carbocycles. The Morgan fingerprint density at radius 2 is 1.79 bits per heavy atom. The van der Waals surface area contributed by atoms with Crippen molar-refractivity contribution < 1.29 is 9.16 Å². The van der Waals surface area contributed by atoms with Crippen molar-refractivity contribution in [3.05, 3.63) is 0 Å². The molecule has 0 amide bonds. The van der Waals surface area contributed by atoms with E-state index in [0.29, 0.717) is 16.4 Å². The first-order chi connectivity index (χ1) is 8.50. The van der Waals surface area contributed by atoms with Crippen LogP contribution in [0.15, 0.2) is 0 Å². The molecule has 2 unspecified atom stereocenters. The van der Waals surface area contributed by atoms with Gasteiger partial charge in [0.1, 0.15) is 0 Å². The summed E-state index contributed by atoms with van der Waals surface area (Å²) in [6, 6.07) is 0. The second-order valence-electron chi connectivity index (χ2n) is 8.82. The van der Waals surface area contributed by atoms with Gasteiger partial charge in [-0.3, -0.25) is 0 Å². The van der Waals surface area contributed by atoms with Gasteiger partial charge in [-0.1, -0.05) is 34.6 Å². The molecule has 2 rings (SSSR count). The summed E-state index contributed by atoms with van der Waals surface area (Å²) < 4.78 is 12.4. The highest BCUT2D eigenvalue weighted by molar-refractivity contribution is 6.74. The predicted molar refractivity (Wildman–Crippen MR) is 83.0 cm³/mol. The zero-order valence-corrected chi connectivity index (χ0v) is 14.9. The lowest BCUT2D eigenvalue weighted by molar-refractivity contribution is 0.00694. The topological polar surface area (TPSA) is 21.8 Å². The van der Waals surface area contributed by atoms with Crippen LogP contribution in [0, 0.1) is 11.3 Å². The maximum atomic E-state index is 6.50. The lowest BCUT2D eigenvalue weighted by Gasteiger charge is -2.45. The second-order valence-corrected chi connectivity index (χ2v) is 13.6. The van der Waals surface area contributed by atoms with Crippen molar-refractivity contribution in [2.45, 2.75) is 77.6 Å². The molecule has 2 nitrogen and oxygen atoms in total. The van der Waals surface area contributed by atoms with E-state index in [1.807, 2.05) is 0 Å². The zero-order valence-electron chi connectivity index (χ0n) is 13.9. The van der Waals surface area contributed by atoms with Crippen molar-refractivity contribution in [1.29, 1.82) is 0 Å². The largest absolute Gasteiger partial charge is 0.416 e. The van der Waals surface area contributed by atoms with Crippen LogP contribution in [0.5, 0.6) is 0 Å². The van der Waals surface area contributed by atoms with Gasteiger partial charge in [0.05, 0.1) is 12.2 Å². The van der Waals surface area contributed by atoms with Gasteiger partial charge in [-0.2, -0.15) is 0 Å². The maximum absolute atomic E-state index is 6.50. The highest BCUT2D eigenvalue weighted by Crippen LogP contribution is 2.54. The van der Waals surface area contributed by atoms with E-state index < -0.39 is 8.32 Å². The molecule has 0 aromatic rings. The molecule has 2 fully saturated rings. The minimum Gasteiger partial charge on any atom is -0.416 e. The molecular formula is C16H32O2Si. The SMILES string of the molecule is CC1(C)CCCC2(CO2)C1CO[Si](C)(C)C(C)(C)C. The van der Waals surface area contributed by atoms with Crippen molar-refractivity contribution in [3.8, 4) is 0 Å². The Kier molecular flexibility index (Phi) is 3.73. The highest BCUT2D eigenvalue weighted by Gasteiger charge is 2.58. The average Bonchev–Trinajstić information content (AvgIpc) is 2.94. The standard InChI is InChI=1S/C16H32O2Si/c1-14(2,3)19(6,7)18-11-13-15(4,5)9-8-10-16(13)12-17-16/h13H,8-12H2,1-7H3. The van der Waals surface area contributed by atoms with Crippen LogP contribution in [0.25, 0.3) is 0 Å². The Balaban J connectivity index is 2.05. The molecule has 1 heterocycles. The normalized spacial score (nSPS) is 34.6. The third-order valence-corrected chi connectivity index (χ3v) is 10.4. The molecule has 0 bridgehead atoms. The van der Waals surface area contributed by atoms with E-state index in [9.17, 15) is 0 Å². The molecule has 3 heteroatoms. The van der Waals surface area contributed by atoms with E-state index in [-0.39, 0.29) is 5.60 Å². The van der Waals surface area contributed by atoms with Crippen molar-refractivity contribution >= 4 is 8.32 Å². The molecule has 0 aromatic heterocycles. The van der Waals surface area contributed by atoms with E-state index >= 15 is 0 Å². The minimum atomic E-state index is -1.64. The van der Waals surface area contributed by atoms with Crippen LogP contribution >= 0.6 is 0 Å².